The summed E-state index contributed by atoms with van der Waals surface area (Å²) in [7, 11) is 3.12. The van der Waals surface area contributed by atoms with Gasteiger partial charge in [0.15, 0.2) is 0 Å². The fourth-order valence-electron chi connectivity index (χ4n) is 0.576. The van der Waals surface area contributed by atoms with Crippen molar-refractivity contribution in [1.82, 2.24) is 4.90 Å². The molecule has 0 aliphatic rings. The van der Waals surface area contributed by atoms with Gasteiger partial charge in [-0.2, -0.15) is 5.26 Å². The average molecular weight is 156 g/mol. The standard InChI is InChI=1S/C7H12N2O2/c1-9(5-3-4-8)7(10)6-11-2/h3,5-6H2,1-2H3. The maximum Gasteiger partial charge on any atom is 0.248 e. The van der Waals surface area contributed by atoms with Crippen LogP contribution in [0.1, 0.15) is 6.42 Å². The monoisotopic (exact) mass is 156 g/mol. The fourth-order valence-corrected chi connectivity index (χ4v) is 0.576. The first-order chi connectivity index (χ1) is 5.22. The third-order valence-corrected chi connectivity index (χ3v) is 1.25. The van der Waals surface area contributed by atoms with Gasteiger partial charge in [-0.15, -0.1) is 0 Å². The number of hydrogen-bond donors (Lipinski definition) is 0. The predicted octanol–water partition coefficient (Wildman–Crippen LogP) is 0.00488. The molecule has 0 unspecified atom stereocenters. The highest BCUT2D eigenvalue weighted by Gasteiger charge is 2.05. The van der Waals surface area contributed by atoms with Gasteiger partial charge in [0, 0.05) is 20.7 Å². The van der Waals surface area contributed by atoms with Crippen LogP contribution in [0.3, 0.4) is 0 Å². The smallest absolute Gasteiger partial charge is 0.248 e. The molecule has 62 valence electrons. The van der Waals surface area contributed by atoms with Crippen molar-refractivity contribution in [2.75, 3.05) is 27.3 Å². The van der Waals surface area contributed by atoms with Gasteiger partial charge in [0.2, 0.25) is 5.91 Å². The summed E-state index contributed by atoms with van der Waals surface area (Å²) in [6.45, 7) is 0.556. The highest BCUT2D eigenvalue weighted by Crippen LogP contribution is 1.87. The molecule has 0 atom stereocenters. The van der Waals surface area contributed by atoms with Gasteiger partial charge in [0.1, 0.15) is 6.61 Å². The molecule has 0 aliphatic carbocycles. The summed E-state index contributed by atoms with van der Waals surface area (Å²) >= 11 is 0. The van der Waals surface area contributed by atoms with Gasteiger partial charge in [0.25, 0.3) is 0 Å². The van der Waals surface area contributed by atoms with E-state index in [0.29, 0.717) is 13.0 Å². The highest BCUT2D eigenvalue weighted by atomic mass is 16.5. The van der Waals surface area contributed by atoms with Crippen LogP contribution in [0.2, 0.25) is 0 Å². The highest BCUT2D eigenvalue weighted by molar-refractivity contribution is 5.77. The normalized spacial score (nSPS) is 8.82. The molecule has 0 radical (unpaired) electrons. The topological polar surface area (TPSA) is 53.3 Å². The lowest BCUT2D eigenvalue weighted by Gasteiger charge is -2.13. The molecule has 0 aliphatic heterocycles. The minimum absolute atomic E-state index is 0.0852. The van der Waals surface area contributed by atoms with Crippen LogP contribution < -0.4 is 0 Å². The third kappa shape index (κ3) is 4.34. The zero-order valence-electron chi connectivity index (χ0n) is 6.83. The Labute approximate surface area is 66.4 Å². The van der Waals surface area contributed by atoms with Gasteiger partial charge < -0.3 is 9.64 Å². The molecule has 0 fully saturated rings. The molecule has 1 amide bonds. The van der Waals surface area contributed by atoms with Gasteiger partial charge in [-0.05, 0) is 0 Å². The minimum Gasteiger partial charge on any atom is -0.375 e. The third-order valence-electron chi connectivity index (χ3n) is 1.25. The minimum atomic E-state index is -0.0947. The molecule has 0 rings (SSSR count). The van der Waals surface area contributed by atoms with Gasteiger partial charge in [-0.3, -0.25) is 4.79 Å². The second-order valence-electron chi connectivity index (χ2n) is 2.16. The van der Waals surface area contributed by atoms with Crippen LogP contribution >= 0.6 is 0 Å². The van der Waals surface area contributed by atoms with Crippen molar-refractivity contribution < 1.29 is 9.53 Å². The van der Waals surface area contributed by atoms with Crippen LogP contribution in [0.15, 0.2) is 0 Å². The van der Waals surface area contributed by atoms with Crippen LogP contribution in [0.25, 0.3) is 0 Å². The van der Waals surface area contributed by atoms with Crippen molar-refractivity contribution in [3.05, 3.63) is 0 Å². The van der Waals surface area contributed by atoms with E-state index in [4.69, 9.17) is 5.26 Å². The van der Waals surface area contributed by atoms with Crippen LogP contribution in [0.4, 0.5) is 0 Å². The summed E-state index contributed by atoms with van der Waals surface area (Å²) in [5, 5.41) is 8.21. The number of nitriles is 1. The molecule has 0 heterocycles. The molecule has 0 N–H and O–H groups in total. The maximum atomic E-state index is 10.9. The predicted molar refractivity (Wildman–Crippen MR) is 39.7 cm³/mol. The Balaban J connectivity index is 3.57. The summed E-state index contributed by atoms with van der Waals surface area (Å²) in [5.74, 6) is -0.0947. The van der Waals surface area contributed by atoms with E-state index in [0.717, 1.165) is 0 Å². The van der Waals surface area contributed by atoms with Crippen molar-refractivity contribution in [3.8, 4) is 6.07 Å². The molecule has 0 aromatic carbocycles. The van der Waals surface area contributed by atoms with Gasteiger partial charge in [-0.1, -0.05) is 0 Å². The number of nitrogens with zero attached hydrogens (tertiary/aromatic N) is 2. The lowest BCUT2D eigenvalue weighted by Crippen LogP contribution is -2.30. The Bertz CT molecular complexity index is 162. The maximum absolute atomic E-state index is 10.9. The van der Waals surface area contributed by atoms with E-state index < -0.39 is 0 Å². The second-order valence-corrected chi connectivity index (χ2v) is 2.16. The van der Waals surface area contributed by atoms with E-state index in [9.17, 15) is 4.79 Å². The van der Waals surface area contributed by atoms with E-state index in [1.54, 1.807) is 7.05 Å². The number of hydrogen-bond acceptors (Lipinski definition) is 3. The summed E-state index contributed by atoms with van der Waals surface area (Å²) in [4.78, 5) is 12.4. The molecule has 0 bridgehead atoms. The van der Waals surface area contributed by atoms with Crippen molar-refractivity contribution in [1.29, 1.82) is 5.26 Å². The molecule has 0 aromatic rings. The number of rotatable bonds is 4. The Kier molecular flexibility index (Phi) is 5.13. The Morgan fingerprint density at radius 1 is 1.73 bits per heavy atom. The first kappa shape index (κ1) is 9.92. The van der Waals surface area contributed by atoms with Crippen molar-refractivity contribution in [2.45, 2.75) is 6.42 Å². The number of carbonyl (C=O) groups is 1. The number of methoxy groups -OCH3 is 1. The molecule has 4 nitrogen and oxygen atoms in total. The zero-order valence-corrected chi connectivity index (χ0v) is 6.83. The van der Waals surface area contributed by atoms with E-state index >= 15 is 0 Å². The Morgan fingerprint density at radius 2 is 2.36 bits per heavy atom. The molecular weight excluding hydrogens is 144 g/mol. The van der Waals surface area contributed by atoms with E-state index in [1.807, 2.05) is 6.07 Å². The van der Waals surface area contributed by atoms with Crippen LogP contribution in [0, 0.1) is 11.3 Å². The van der Waals surface area contributed by atoms with Gasteiger partial charge in [0.05, 0.1) is 12.5 Å². The molecule has 11 heavy (non-hydrogen) atoms. The largest absolute Gasteiger partial charge is 0.375 e. The lowest BCUT2D eigenvalue weighted by atomic mass is 10.4. The zero-order chi connectivity index (χ0) is 8.69. The van der Waals surface area contributed by atoms with E-state index in [-0.39, 0.29) is 12.5 Å². The molecular formula is C7H12N2O2. The lowest BCUT2D eigenvalue weighted by molar-refractivity contribution is -0.133. The first-order valence-electron chi connectivity index (χ1n) is 3.32. The first-order valence-corrected chi connectivity index (χ1v) is 3.32. The number of amides is 1. The molecule has 0 saturated heterocycles. The van der Waals surface area contributed by atoms with Crippen molar-refractivity contribution in [3.63, 3.8) is 0 Å². The molecule has 4 heteroatoms. The van der Waals surface area contributed by atoms with Gasteiger partial charge in [-0.25, -0.2) is 0 Å². The van der Waals surface area contributed by atoms with E-state index in [1.165, 1.54) is 12.0 Å². The summed E-state index contributed by atoms with van der Waals surface area (Å²) < 4.78 is 4.63. The average Bonchev–Trinajstić information content (AvgIpc) is 2.00. The molecule has 0 saturated carbocycles. The Hall–Kier alpha value is -1.08. The van der Waals surface area contributed by atoms with Crippen LogP contribution in [-0.2, 0) is 9.53 Å². The van der Waals surface area contributed by atoms with Crippen LogP contribution in [0.5, 0.6) is 0 Å². The summed E-state index contributed by atoms with van der Waals surface area (Å²) in [6, 6.07) is 1.96. The van der Waals surface area contributed by atoms with Crippen molar-refractivity contribution in [2.24, 2.45) is 0 Å². The number of ether oxygens (including phenoxy) is 1. The molecule has 0 aromatic heterocycles. The van der Waals surface area contributed by atoms with Crippen LogP contribution in [-0.4, -0.2) is 38.1 Å². The summed E-state index contributed by atoms with van der Waals surface area (Å²) in [5.41, 5.74) is 0. The van der Waals surface area contributed by atoms with Crippen molar-refractivity contribution >= 4 is 5.91 Å². The number of carbonyl (C=O) groups excluding carboxylic acids is 1. The van der Waals surface area contributed by atoms with Gasteiger partial charge >= 0.3 is 0 Å². The summed E-state index contributed by atoms with van der Waals surface area (Å²) in [6.07, 6.45) is 0.367. The van der Waals surface area contributed by atoms with E-state index in [2.05, 4.69) is 4.74 Å². The Morgan fingerprint density at radius 3 is 2.82 bits per heavy atom. The SMILES string of the molecule is COCC(=O)N(C)CCC#N. The quantitative estimate of drug-likeness (QED) is 0.576. The second kappa shape index (κ2) is 5.69. The molecule has 0 spiro atoms. The fraction of sp³-hybridized carbons (Fsp3) is 0.714. The number of likely N-dealkylation sites (N-methyl/N-ethyl adjacent to an activating group) is 1.